The number of hydrogen-bond donors (Lipinski definition) is 1. The van der Waals surface area contributed by atoms with E-state index in [1.165, 1.54) is 7.11 Å². The molecule has 1 heterocycles. The van der Waals surface area contributed by atoms with Crippen molar-refractivity contribution in [3.8, 4) is 0 Å². The number of benzene rings is 2. The fraction of sp³-hybridized carbons (Fsp3) is 0.150. The van der Waals surface area contributed by atoms with Gasteiger partial charge in [-0.3, -0.25) is 0 Å². The molecule has 138 valence electrons. The van der Waals surface area contributed by atoms with Crippen LogP contribution in [0.2, 0.25) is 5.02 Å². The summed E-state index contributed by atoms with van der Waals surface area (Å²) in [6.07, 6.45) is 1.67. The van der Waals surface area contributed by atoms with Gasteiger partial charge < -0.3 is 15.0 Å². The molecule has 0 bridgehead atoms. The van der Waals surface area contributed by atoms with Crippen molar-refractivity contribution in [2.75, 3.05) is 24.4 Å². The molecule has 7 heteroatoms. The highest BCUT2D eigenvalue weighted by Crippen LogP contribution is 2.26. The minimum absolute atomic E-state index is 0.403. The molecule has 0 amide bonds. The Kier molecular flexibility index (Phi) is 5.88. The molecule has 0 saturated heterocycles. The van der Waals surface area contributed by atoms with Gasteiger partial charge in [0.05, 0.1) is 23.4 Å². The van der Waals surface area contributed by atoms with E-state index in [-0.39, 0.29) is 0 Å². The Morgan fingerprint density at radius 3 is 2.70 bits per heavy atom. The first-order valence-electron chi connectivity index (χ1n) is 8.30. The van der Waals surface area contributed by atoms with E-state index >= 15 is 0 Å². The molecule has 1 N–H and O–H groups in total. The highest BCUT2D eigenvalue weighted by Gasteiger charge is 2.11. The minimum Gasteiger partial charge on any atom is -0.465 e. The van der Waals surface area contributed by atoms with E-state index in [0.717, 1.165) is 5.56 Å². The van der Waals surface area contributed by atoms with Crippen molar-refractivity contribution < 1.29 is 9.53 Å². The highest BCUT2D eigenvalue weighted by molar-refractivity contribution is 6.33. The SMILES string of the molecule is COC(=O)c1ccc(Cl)c(Nc2ccnc(N(C)Cc3ccccc3)n2)c1. The summed E-state index contributed by atoms with van der Waals surface area (Å²) in [5, 5.41) is 3.61. The van der Waals surface area contributed by atoms with Gasteiger partial charge >= 0.3 is 5.97 Å². The molecule has 3 aromatic rings. The molecular weight excluding hydrogens is 364 g/mol. The van der Waals surface area contributed by atoms with E-state index in [4.69, 9.17) is 16.3 Å². The van der Waals surface area contributed by atoms with Crippen LogP contribution in [0.15, 0.2) is 60.8 Å². The van der Waals surface area contributed by atoms with Gasteiger partial charge in [-0.15, -0.1) is 0 Å². The van der Waals surface area contributed by atoms with Crippen LogP contribution < -0.4 is 10.2 Å². The van der Waals surface area contributed by atoms with Gasteiger partial charge in [0.25, 0.3) is 0 Å². The maximum absolute atomic E-state index is 11.7. The first-order valence-corrected chi connectivity index (χ1v) is 8.67. The molecule has 0 radical (unpaired) electrons. The molecule has 0 unspecified atom stereocenters. The van der Waals surface area contributed by atoms with Crippen molar-refractivity contribution in [2.45, 2.75) is 6.54 Å². The van der Waals surface area contributed by atoms with Gasteiger partial charge in [-0.05, 0) is 29.8 Å². The van der Waals surface area contributed by atoms with Gasteiger partial charge in [0, 0.05) is 19.8 Å². The molecule has 0 aliphatic carbocycles. The predicted molar refractivity (Wildman–Crippen MR) is 107 cm³/mol. The Morgan fingerprint density at radius 2 is 1.96 bits per heavy atom. The molecule has 1 aromatic heterocycles. The normalized spacial score (nSPS) is 10.3. The van der Waals surface area contributed by atoms with Crippen molar-refractivity contribution in [1.29, 1.82) is 0 Å². The van der Waals surface area contributed by atoms with Crippen molar-refractivity contribution in [2.24, 2.45) is 0 Å². The molecule has 2 aromatic carbocycles. The van der Waals surface area contributed by atoms with Gasteiger partial charge in [-0.25, -0.2) is 9.78 Å². The monoisotopic (exact) mass is 382 g/mol. The van der Waals surface area contributed by atoms with Gasteiger partial charge in [0.2, 0.25) is 5.95 Å². The van der Waals surface area contributed by atoms with Crippen molar-refractivity contribution >= 4 is 35.0 Å². The number of hydrogen-bond acceptors (Lipinski definition) is 6. The summed E-state index contributed by atoms with van der Waals surface area (Å²) < 4.78 is 4.75. The maximum atomic E-state index is 11.7. The average Bonchev–Trinajstić information content (AvgIpc) is 2.70. The van der Waals surface area contributed by atoms with E-state index in [1.807, 2.05) is 30.1 Å². The average molecular weight is 383 g/mol. The molecular formula is C20H19ClN4O2. The van der Waals surface area contributed by atoms with Crippen LogP contribution in [0.4, 0.5) is 17.5 Å². The van der Waals surface area contributed by atoms with Crippen LogP contribution in [0.3, 0.4) is 0 Å². The Morgan fingerprint density at radius 1 is 1.19 bits per heavy atom. The fourth-order valence-corrected chi connectivity index (χ4v) is 2.70. The molecule has 0 atom stereocenters. The lowest BCUT2D eigenvalue weighted by Crippen LogP contribution is -2.19. The number of ether oxygens (including phenoxy) is 1. The zero-order chi connectivity index (χ0) is 19.2. The Bertz CT molecular complexity index is 934. The molecule has 0 aliphatic heterocycles. The van der Waals surface area contributed by atoms with Crippen molar-refractivity contribution in [1.82, 2.24) is 9.97 Å². The third kappa shape index (κ3) is 4.74. The summed E-state index contributed by atoms with van der Waals surface area (Å²) in [5.74, 6) is 0.716. The number of halogens is 1. The van der Waals surface area contributed by atoms with Crippen LogP contribution in [0, 0.1) is 0 Å². The maximum Gasteiger partial charge on any atom is 0.337 e. The molecule has 6 nitrogen and oxygen atoms in total. The first-order chi connectivity index (χ1) is 13.1. The van der Waals surface area contributed by atoms with Gasteiger partial charge in [0.1, 0.15) is 5.82 Å². The van der Waals surface area contributed by atoms with E-state index in [2.05, 4.69) is 27.4 Å². The van der Waals surface area contributed by atoms with Crippen LogP contribution in [0.1, 0.15) is 15.9 Å². The second-order valence-corrected chi connectivity index (χ2v) is 6.30. The van der Waals surface area contributed by atoms with Crippen molar-refractivity contribution in [3.05, 3.63) is 76.9 Å². The summed E-state index contributed by atoms with van der Waals surface area (Å²) in [6, 6.07) is 16.7. The number of anilines is 3. The third-order valence-corrected chi connectivity index (χ3v) is 4.23. The lowest BCUT2D eigenvalue weighted by molar-refractivity contribution is 0.0601. The summed E-state index contributed by atoms with van der Waals surface area (Å²) in [5.41, 5.74) is 2.13. The smallest absolute Gasteiger partial charge is 0.337 e. The van der Waals surface area contributed by atoms with Gasteiger partial charge in [-0.1, -0.05) is 41.9 Å². The first kappa shape index (κ1) is 18.7. The van der Waals surface area contributed by atoms with Crippen LogP contribution >= 0.6 is 11.6 Å². The summed E-state index contributed by atoms with van der Waals surface area (Å²) >= 11 is 6.24. The largest absolute Gasteiger partial charge is 0.465 e. The van der Waals surface area contributed by atoms with Crippen LogP contribution in [-0.4, -0.2) is 30.1 Å². The molecule has 0 fully saturated rings. The number of esters is 1. The Balaban J connectivity index is 1.79. The Labute approximate surface area is 162 Å². The summed E-state index contributed by atoms with van der Waals surface area (Å²) in [7, 11) is 3.26. The number of nitrogens with zero attached hydrogens (tertiary/aromatic N) is 3. The molecule has 0 spiro atoms. The van der Waals surface area contributed by atoms with Gasteiger partial charge in [-0.2, -0.15) is 4.98 Å². The third-order valence-electron chi connectivity index (χ3n) is 3.90. The van der Waals surface area contributed by atoms with Gasteiger partial charge in [0.15, 0.2) is 0 Å². The standard InChI is InChI=1S/C20H19ClN4O2/c1-25(13-14-6-4-3-5-7-14)20-22-11-10-18(24-20)23-17-12-15(19(26)27-2)8-9-16(17)21/h3-12H,13H2,1-2H3,(H,22,23,24). The Hall–Kier alpha value is -3.12. The van der Waals surface area contributed by atoms with Crippen LogP contribution in [-0.2, 0) is 11.3 Å². The molecule has 0 saturated carbocycles. The number of carbonyl (C=O) groups excluding carboxylic acids is 1. The number of rotatable bonds is 6. The van der Waals surface area contributed by atoms with E-state index in [0.29, 0.717) is 34.6 Å². The molecule has 0 aliphatic rings. The topological polar surface area (TPSA) is 67.3 Å². The zero-order valence-corrected chi connectivity index (χ0v) is 15.8. The lowest BCUT2D eigenvalue weighted by atomic mass is 10.2. The second kappa shape index (κ2) is 8.51. The van der Waals surface area contributed by atoms with E-state index in [1.54, 1.807) is 30.5 Å². The minimum atomic E-state index is -0.430. The van der Waals surface area contributed by atoms with E-state index < -0.39 is 5.97 Å². The van der Waals surface area contributed by atoms with Crippen LogP contribution in [0.25, 0.3) is 0 Å². The summed E-state index contributed by atoms with van der Waals surface area (Å²) in [4.78, 5) is 22.5. The van der Waals surface area contributed by atoms with E-state index in [9.17, 15) is 4.79 Å². The second-order valence-electron chi connectivity index (χ2n) is 5.89. The number of aromatic nitrogens is 2. The molecule has 3 rings (SSSR count). The number of carbonyl (C=O) groups is 1. The number of methoxy groups -OCH3 is 1. The van der Waals surface area contributed by atoms with Crippen molar-refractivity contribution in [3.63, 3.8) is 0 Å². The summed E-state index contributed by atoms with van der Waals surface area (Å²) in [6.45, 7) is 0.683. The number of nitrogens with one attached hydrogen (secondary N) is 1. The highest BCUT2D eigenvalue weighted by atomic mass is 35.5. The fourth-order valence-electron chi connectivity index (χ4n) is 2.53. The quantitative estimate of drug-likeness (QED) is 0.641. The predicted octanol–water partition coefficient (Wildman–Crippen LogP) is 4.30. The molecule has 27 heavy (non-hydrogen) atoms. The zero-order valence-electron chi connectivity index (χ0n) is 15.0. The lowest BCUT2D eigenvalue weighted by Gasteiger charge is -2.18. The van der Waals surface area contributed by atoms with Crippen LogP contribution in [0.5, 0.6) is 0 Å².